The highest BCUT2D eigenvalue weighted by Gasteiger charge is 2.15. The van der Waals surface area contributed by atoms with E-state index >= 15 is 0 Å². The van der Waals surface area contributed by atoms with Crippen LogP contribution in [0.5, 0.6) is 0 Å². The van der Waals surface area contributed by atoms with Crippen LogP contribution in [-0.4, -0.2) is 23.8 Å². The van der Waals surface area contributed by atoms with Crippen LogP contribution < -0.4 is 0 Å². The summed E-state index contributed by atoms with van der Waals surface area (Å²) in [6, 6.07) is 0. The van der Waals surface area contributed by atoms with E-state index in [1.54, 1.807) is 6.92 Å². The van der Waals surface area contributed by atoms with Crippen LogP contribution in [0.15, 0.2) is 12.2 Å². The van der Waals surface area contributed by atoms with Crippen LogP contribution in [0.4, 0.5) is 0 Å². The summed E-state index contributed by atoms with van der Waals surface area (Å²) < 4.78 is 4.73. The van der Waals surface area contributed by atoms with Crippen LogP contribution in [0, 0.1) is 5.92 Å². The Hall–Kier alpha value is -0.830. The maximum Gasteiger partial charge on any atom is 0.333 e. The number of aliphatic hydroxyl groups is 1. The normalized spacial score (nSPS) is 12.7. The molecule has 0 spiro atoms. The highest BCUT2D eigenvalue weighted by Crippen LogP contribution is 2.12. The third-order valence-corrected chi connectivity index (χ3v) is 1.79. The first-order valence-corrected chi connectivity index (χ1v) is 4.52. The maximum absolute atomic E-state index is 11.1. The van der Waals surface area contributed by atoms with E-state index < -0.39 is 12.1 Å². The first-order chi connectivity index (χ1) is 5.99. The summed E-state index contributed by atoms with van der Waals surface area (Å²) >= 11 is 0. The molecule has 0 saturated heterocycles. The number of hydrogen-bond acceptors (Lipinski definition) is 3. The first kappa shape index (κ1) is 12.2. The minimum absolute atomic E-state index is 0.131. The van der Waals surface area contributed by atoms with Crippen LogP contribution in [-0.2, 0) is 9.53 Å². The fraction of sp³-hybridized carbons (Fsp3) is 0.700. The molecule has 13 heavy (non-hydrogen) atoms. The van der Waals surface area contributed by atoms with Crippen molar-refractivity contribution < 1.29 is 14.6 Å². The number of carbonyl (C=O) groups excluding carboxylic acids is 1. The largest absolute Gasteiger partial charge is 0.463 e. The van der Waals surface area contributed by atoms with Gasteiger partial charge in [0, 0.05) is 12.0 Å². The number of carbonyl (C=O) groups is 1. The van der Waals surface area contributed by atoms with Gasteiger partial charge in [-0.05, 0) is 12.8 Å². The van der Waals surface area contributed by atoms with Gasteiger partial charge in [-0.1, -0.05) is 20.4 Å². The van der Waals surface area contributed by atoms with Crippen molar-refractivity contribution in [1.29, 1.82) is 0 Å². The third-order valence-electron chi connectivity index (χ3n) is 1.79. The van der Waals surface area contributed by atoms with Crippen LogP contribution in [0.3, 0.4) is 0 Å². The lowest BCUT2D eigenvalue weighted by molar-refractivity contribution is -0.139. The molecular formula is C10H18O3. The van der Waals surface area contributed by atoms with Crippen molar-refractivity contribution in [2.45, 2.75) is 33.3 Å². The number of ether oxygens (including phenoxy) is 1. The summed E-state index contributed by atoms with van der Waals surface area (Å²) in [5.74, 6) is -0.284. The molecule has 1 atom stereocenters. The molecule has 0 radical (unpaired) electrons. The van der Waals surface area contributed by atoms with Gasteiger partial charge in [-0.3, -0.25) is 0 Å². The van der Waals surface area contributed by atoms with E-state index in [-0.39, 0.29) is 12.3 Å². The molecule has 0 rings (SSSR count). The monoisotopic (exact) mass is 186 g/mol. The summed E-state index contributed by atoms with van der Waals surface area (Å²) in [6.45, 7) is 9.43. The molecule has 0 fully saturated rings. The maximum atomic E-state index is 11.1. The number of aliphatic hydroxyl groups excluding tert-OH is 1. The zero-order valence-corrected chi connectivity index (χ0v) is 8.54. The van der Waals surface area contributed by atoms with Gasteiger partial charge in [0.2, 0.25) is 0 Å². The molecule has 0 saturated carbocycles. The molecule has 3 nitrogen and oxygen atoms in total. The molecule has 1 N–H and O–H groups in total. The second-order valence-corrected chi connectivity index (χ2v) is 3.34. The van der Waals surface area contributed by atoms with E-state index in [1.165, 1.54) is 0 Å². The molecule has 76 valence electrons. The van der Waals surface area contributed by atoms with E-state index in [1.807, 2.05) is 13.8 Å². The third kappa shape index (κ3) is 4.68. The second-order valence-electron chi connectivity index (χ2n) is 3.34. The van der Waals surface area contributed by atoms with Gasteiger partial charge in [0.25, 0.3) is 0 Å². The van der Waals surface area contributed by atoms with Gasteiger partial charge in [-0.15, -0.1) is 0 Å². The van der Waals surface area contributed by atoms with Gasteiger partial charge in [-0.2, -0.15) is 0 Å². The van der Waals surface area contributed by atoms with Crippen molar-refractivity contribution in [2.75, 3.05) is 6.61 Å². The first-order valence-electron chi connectivity index (χ1n) is 4.52. The Bertz CT molecular complexity index is 185. The molecular weight excluding hydrogens is 168 g/mol. The Kier molecular flexibility index (Phi) is 5.39. The zero-order valence-electron chi connectivity index (χ0n) is 8.54. The van der Waals surface area contributed by atoms with Gasteiger partial charge in [0.05, 0.1) is 12.7 Å². The topological polar surface area (TPSA) is 46.5 Å². The van der Waals surface area contributed by atoms with Crippen molar-refractivity contribution in [3.05, 3.63) is 12.2 Å². The lowest BCUT2D eigenvalue weighted by Gasteiger charge is -2.14. The van der Waals surface area contributed by atoms with Crippen molar-refractivity contribution >= 4 is 5.97 Å². The molecule has 0 bridgehead atoms. The SMILES string of the molecule is C=C(C[C@H](O)C(C)C)C(=O)OCC. The number of hydrogen-bond donors (Lipinski definition) is 1. The predicted octanol–water partition coefficient (Wildman–Crippen LogP) is 1.51. The summed E-state index contributed by atoms with van der Waals surface area (Å²) in [7, 11) is 0. The lowest BCUT2D eigenvalue weighted by atomic mass is 10.0. The molecule has 3 heteroatoms. The molecule has 0 aliphatic rings. The minimum atomic E-state index is -0.517. The predicted molar refractivity (Wildman–Crippen MR) is 51.2 cm³/mol. The zero-order chi connectivity index (χ0) is 10.4. The smallest absolute Gasteiger partial charge is 0.333 e. The highest BCUT2D eigenvalue weighted by molar-refractivity contribution is 5.87. The van der Waals surface area contributed by atoms with E-state index in [0.717, 1.165) is 0 Å². The van der Waals surface area contributed by atoms with E-state index in [4.69, 9.17) is 4.74 Å². The van der Waals surface area contributed by atoms with Crippen molar-refractivity contribution in [2.24, 2.45) is 5.92 Å². The van der Waals surface area contributed by atoms with Crippen LogP contribution in [0.25, 0.3) is 0 Å². The van der Waals surface area contributed by atoms with Gasteiger partial charge in [0.1, 0.15) is 0 Å². The van der Waals surface area contributed by atoms with Gasteiger partial charge >= 0.3 is 5.97 Å². The molecule has 0 aliphatic heterocycles. The van der Waals surface area contributed by atoms with Crippen LogP contribution in [0.2, 0.25) is 0 Å². The molecule has 0 unspecified atom stereocenters. The highest BCUT2D eigenvalue weighted by atomic mass is 16.5. The number of esters is 1. The fourth-order valence-corrected chi connectivity index (χ4v) is 0.805. The minimum Gasteiger partial charge on any atom is -0.463 e. The average Bonchev–Trinajstić information content (AvgIpc) is 2.04. The summed E-state index contributed by atoms with van der Waals surface area (Å²) in [5.41, 5.74) is 0.336. The molecule has 0 amide bonds. The number of rotatable bonds is 5. The molecule has 0 heterocycles. The van der Waals surface area contributed by atoms with Gasteiger partial charge in [-0.25, -0.2) is 4.79 Å². The lowest BCUT2D eigenvalue weighted by Crippen LogP contribution is -2.18. The van der Waals surface area contributed by atoms with Crippen molar-refractivity contribution in [3.8, 4) is 0 Å². The van der Waals surface area contributed by atoms with Crippen LogP contribution >= 0.6 is 0 Å². The Labute approximate surface area is 79.4 Å². The van der Waals surface area contributed by atoms with Gasteiger partial charge in [0.15, 0.2) is 0 Å². The Balaban J connectivity index is 3.93. The molecule has 0 aromatic carbocycles. The van der Waals surface area contributed by atoms with E-state index in [9.17, 15) is 9.90 Å². The van der Waals surface area contributed by atoms with Crippen molar-refractivity contribution in [1.82, 2.24) is 0 Å². The summed E-state index contributed by atoms with van der Waals surface area (Å²) in [4.78, 5) is 11.1. The summed E-state index contributed by atoms with van der Waals surface area (Å²) in [5, 5.41) is 9.45. The Morgan fingerprint density at radius 3 is 2.46 bits per heavy atom. The molecule has 0 aromatic heterocycles. The second kappa shape index (κ2) is 5.75. The average molecular weight is 186 g/mol. The van der Waals surface area contributed by atoms with E-state index in [2.05, 4.69) is 6.58 Å². The quantitative estimate of drug-likeness (QED) is 0.523. The standard InChI is InChI=1S/C10H18O3/c1-5-13-10(12)8(4)6-9(11)7(2)3/h7,9,11H,4-6H2,1-3H3/t9-/m0/s1. The molecule has 0 aliphatic carbocycles. The summed E-state index contributed by atoms with van der Waals surface area (Å²) in [6.07, 6.45) is -0.229. The Morgan fingerprint density at radius 1 is 1.54 bits per heavy atom. The fourth-order valence-electron chi connectivity index (χ4n) is 0.805. The molecule has 0 aromatic rings. The Morgan fingerprint density at radius 2 is 2.08 bits per heavy atom. The van der Waals surface area contributed by atoms with E-state index in [0.29, 0.717) is 12.2 Å². The van der Waals surface area contributed by atoms with Crippen LogP contribution in [0.1, 0.15) is 27.2 Å². The van der Waals surface area contributed by atoms with Crippen molar-refractivity contribution in [3.63, 3.8) is 0 Å². The van der Waals surface area contributed by atoms with Gasteiger partial charge < -0.3 is 9.84 Å².